The molecule has 17 heavy (non-hydrogen) atoms. The van der Waals surface area contributed by atoms with Crippen LogP contribution in [0.2, 0.25) is 0 Å². The SMILES string of the molecule is CCCNCC(C)(C)COCC1CCCCC1. The molecule has 0 bridgehead atoms. The van der Waals surface area contributed by atoms with E-state index in [4.69, 9.17) is 4.74 Å². The maximum Gasteiger partial charge on any atom is 0.0529 e. The van der Waals surface area contributed by atoms with Crippen LogP contribution in [-0.4, -0.2) is 26.3 Å². The predicted molar refractivity (Wildman–Crippen MR) is 74.3 cm³/mol. The molecule has 0 spiro atoms. The minimum Gasteiger partial charge on any atom is -0.381 e. The molecule has 1 N–H and O–H groups in total. The van der Waals surface area contributed by atoms with E-state index in [1.54, 1.807) is 0 Å². The van der Waals surface area contributed by atoms with Gasteiger partial charge in [-0.25, -0.2) is 0 Å². The Kier molecular flexibility index (Phi) is 7.14. The minimum absolute atomic E-state index is 0.268. The lowest BCUT2D eigenvalue weighted by Crippen LogP contribution is -2.34. The first-order chi connectivity index (χ1) is 8.14. The van der Waals surface area contributed by atoms with Crippen LogP contribution in [0.3, 0.4) is 0 Å². The molecule has 0 amide bonds. The first-order valence-corrected chi connectivity index (χ1v) is 7.42. The Labute approximate surface area is 108 Å². The molecule has 1 rings (SSSR count). The van der Waals surface area contributed by atoms with Crippen LogP contribution in [0.15, 0.2) is 0 Å². The van der Waals surface area contributed by atoms with Crippen LogP contribution < -0.4 is 5.32 Å². The van der Waals surface area contributed by atoms with Crippen LogP contribution in [0.5, 0.6) is 0 Å². The Bertz CT molecular complexity index is 185. The lowest BCUT2D eigenvalue weighted by atomic mass is 9.90. The Hall–Kier alpha value is -0.0800. The van der Waals surface area contributed by atoms with Crippen molar-refractivity contribution >= 4 is 0 Å². The molecule has 102 valence electrons. The van der Waals surface area contributed by atoms with E-state index >= 15 is 0 Å². The molecular weight excluding hydrogens is 210 g/mol. The molecule has 1 aliphatic rings. The summed E-state index contributed by atoms with van der Waals surface area (Å²) in [6, 6.07) is 0. The van der Waals surface area contributed by atoms with Crippen molar-refractivity contribution in [3.63, 3.8) is 0 Å². The third-order valence-corrected chi connectivity index (χ3v) is 3.60. The third kappa shape index (κ3) is 7.05. The first kappa shape index (κ1) is 15.0. The molecule has 0 unspecified atom stereocenters. The van der Waals surface area contributed by atoms with Crippen molar-refractivity contribution in [3.05, 3.63) is 0 Å². The standard InChI is InChI=1S/C15H31NO/c1-4-10-16-12-15(2,3)13-17-11-14-8-6-5-7-9-14/h14,16H,4-13H2,1-3H3. The van der Waals surface area contributed by atoms with Crippen LogP contribution >= 0.6 is 0 Å². The zero-order chi connectivity index (χ0) is 12.6. The van der Waals surface area contributed by atoms with Crippen LogP contribution in [-0.2, 0) is 4.74 Å². The van der Waals surface area contributed by atoms with E-state index in [9.17, 15) is 0 Å². The summed E-state index contributed by atoms with van der Waals surface area (Å²) < 4.78 is 5.93. The maximum atomic E-state index is 5.93. The van der Waals surface area contributed by atoms with Gasteiger partial charge >= 0.3 is 0 Å². The summed E-state index contributed by atoms with van der Waals surface area (Å²) in [5.74, 6) is 0.836. The van der Waals surface area contributed by atoms with Crippen LogP contribution in [0.1, 0.15) is 59.3 Å². The van der Waals surface area contributed by atoms with Gasteiger partial charge in [-0.2, -0.15) is 0 Å². The summed E-state index contributed by atoms with van der Waals surface area (Å²) in [5.41, 5.74) is 0.268. The van der Waals surface area contributed by atoms with Gasteiger partial charge in [-0.15, -0.1) is 0 Å². The molecule has 0 aromatic rings. The number of ether oxygens (including phenoxy) is 1. The average molecular weight is 241 g/mol. The fourth-order valence-corrected chi connectivity index (χ4v) is 2.51. The van der Waals surface area contributed by atoms with E-state index in [1.165, 1.54) is 38.5 Å². The van der Waals surface area contributed by atoms with Crippen molar-refractivity contribution in [3.8, 4) is 0 Å². The smallest absolute Gasteiger partial charge is 0.0529 e. The van der Waals surface area contributed by atoms with Crippen LogP contribution in [0.25, 0.3) is 0 Å². The predicted octanol–water partition coefficient (Wildman–Crippen LogP) is 3.61. The lowest BCUT2D eigenvalue weighted by Gasteiger charge is -2.27. The fourth-order valence-electron chi connectivity index (χ4n) is 2.51. The molecule has 0 aromatic carbocycles. The van der Waals surface area contributed by atoms with Gasteiger partial charge in [-0.3, -0.25) is 0 Å². The molecule has 0 heterocycles. The minimum atomic E-state index is 0.268. The highest BCUT2D eigenvalue weighted by atomic mass is 16.5. The molecule has 1 saturated carbocycles. The van der Waals surface area contributed by atoms with E-state index in [-0.39, 0.29) is 5.41 Å². The molecule has 2 heteroatoms. The number of rotatable bonds is 8. The highest BCUT2D eigenvalue weighted by molar-refractivity contribution is 4.72. The van der Waals surface area contributed by atoms with Gasteiger partial charge in [0, 0.05) is 18.6 Å². The maximum absolute atomic E-state index is 5.93. The third-order valence-electron chi connectivity index (χ3n) is 3.60. The summed E-state index contributed by atoms with van der Waals surface area (Å²) in [6.45, 7) is 10.8. The second kappa shape index (κ2) is 8.10. The quantitative estimate of drug-likeness (QED) is 0.656. The first-order valence-electron chi connectivity index (χ1n) is 7.42. The number of nitrogens with one attached hydrogen (secondary N) is 1. The summed E-state index contributed by atoms with van der Waals surface area (Å²) in [7, 11) is 0. The van der Waals surface area contributed by atoms with Gasteiger partial charge in [0.15, 0.2) is 0 Å². The topological polar surface area (TPSA) is 21.3 Å². The highest BCUT2D eigenvalue weighted by Crippen LogP contribution is 2.24. The number of hydrogen-bond acceptors (Lipinski definition) is 2. The largest absolute Gasteiger partial charge is 0.381 e. The molecule has 0 aliphatic heterocycles. The van der Waals surface area contributed by atoms with Crippen LogP contribution in [0, 0.1) is 11.3 Å². The van der Waals surface area contributed by atoms with E-state index < -0.39 is 0 Å². The normalized spacial score (nSPS) is 18.5. The van der Waals surface area contributed by atoms with Gasteiger partial charge < -0.3 is 10.1 Å². The van der Waals surface area contributed by atoms with Gasteiger partial charge in [0.25, 0.3) is 0 Å². The van der Waals surface area contributed by atoms with Crippen molar-refractivity contribution in [2.75, 3.05) is 26.3 Å². The van der Waals surface area contributed by atoms with Crippen molar-refractivity contribution < 1.29 is 4.74 Å². The van der Waals surface area contributed by atoms with Crippen molar-refractivity contribution in [1.82, 2.24) is 5.32 Å². The van der Waals surface area contributed by atoms with Crippen LogP contribution in [0.4, 0.5) is 0 Å². The molecule has 0 atom stereocenters. The van der Waals surface area contributed by atoms with E-state index in [0.29, 0.717) is 0 Å². The van der Waals surface area contributed by atoms with Crippen molar-refractivity contribution in [2.45, 2.75) is 59.3 Å². The van der Waals surface area contributed by atoms with Crippen molar-refractivity contribution in [2.24, 2.45) is 11.3 Å². The zero-order valence-corrected chi connectivity index (χ0v) is 12.1. The second-order valence-corrected chi connectivity index (χ2v) is 6.36. The Morgan fingerprint density at radius 1 is 1.18 bits per heavy atom. The Morgan fingerprint density at radius 2 is 1.88 bits per heavy atom. The average Bonchev–Trinajstić information content (AvgIpc) is 2.30. The Balaban J connectivity index is 2.06. The summed E-state index contributed by atoms with van der Waals surface area (Å²) in [5, 5.41) is 3.48. The zero-order valence-electron chi connectivity index (χ0n) is 12.1. The van der Waals surface area contributed by atoms with Crippen molar-refractivity contribution in [1.29, 1.82) is 0 Å². The van der Waals surface area contributed by atoms with Gasteiger partial charge in [0.1, 0.15) is 0 Å². The molecule has 2 nitrogen and oxygen atoms in total. The Morgan fingerprint density at radius 3 is 2.53 bits per heavy atom. The molecule has 1 aliphatic carbocycles. The molecule has 0 aromatic heterocycles. The second-order valence-electron chi connectivity index (χ2n) is 6.36. The number of hydrogen-bond donors (Lipinski definition) is 1. The highest BCUT2D eigenvalue weighted by Gasteiger charge is 2.19. The van der Waals surface area contributed by atoms with Gasteiger partial charge in [0.05, 0.1) is 6.61 Å². The molecular formula is C15H31NO. The monoisotopic (exact) mass is 241 g/mol. The van der Waals surface area contributed by atoms with Gasteiger partial charge in [-0.1, -0.05) is 40.0 Å². The summed E-state index contributed by atoms with van der Waals surface area (Å²) >= 11 is 0. The van der Waals surface area contributed by atoms with Gasteiger partial charge in [-0.05, 0) is 31.7 Å². The summed E-state index contributed by atoms with van der Waals surface area (Å²) in [6.07, 6.45) is 8.23. The summed E-state index contributed by atoms with van der Waals surface area (Å²) in [4.78, 5) is 0. The molecule has 0 radical (unpaired) electrons. The fraction of sp³-hybridized carbons (Fsp3) is 1.00. The molecule has 0 saturated heterocycles. The lowest BCUT2D eigenvalue weighted by molar-refractivity contribution is 0.0324. The molecule has 1 fully saturated rings. The van der Waals surface area contributed by atoms with E-state index in [2.05, 4.69) is 26.1 Å². The van der Waals surface area contributed by atoms with E-state index in [0.717, 1.165) is 32.2 Å². The van der Waals surface area contributed by atoms with Gasteiger partial charge in [0.2, 0.25) is 0 Å². The van der Waals surface area contributed by atoms with E-state index in [1.807, 2.05) is 0 Å².